The molecule has 1 aromatic rings. The van der Waals surface area contributed by atoms with Crippen LogP contribution in [0.3, 0.4) is 0 Å². The molecule has 0 spiro atoms. The number of nitrogens with one attached hydrogen (secondary N) is 1. The first kappa shape index (κ1) is 13.8. The van der Waals surface area contributed by atoms with Gasteiger partial charge in [-0.05, 0) is 18.2 Å². The Morgan fingerprint density at radius 1 is 1.29 bits per heavy atom. The number of hydrogen-bond donors (Lipinski definition) is 2. The Labute approximate surface area is 96.1 Å². The molecule has 1 aromatic carbocycles. The van der Waals surface area contributed by atoms with Crippen molar-refractivity contribution in [1.29, 1.82) is 0 Å². The molecule has 0 aromatic heterocycles. The van der Waals surface area contributed by atoms with Crippen LogP contribution in [-0.4, -0.2) is 25.9 Å². The van der Waals surface area contributed by atoms with Gasteiger partial charge >= 0.3 is 6.18 Å². The van der Waals surface area contributed by atoms with Gasteiger partial charge in [-0.15, -0.1) is 0 Å². The minimum absolute atomic E-state index is 0.187. The van der Waals surface area contributed by atoms with Gasteiger partial charge in [-0.3, -0.25) is 4.72 Å². The molecule has 0 radical (unpaired) electrons. The van der Waals surface area contributed by atoms with Crippen LogP contribution in [0.15, 0.2) is 24.3 Å². The molecule has 0 heterocycles. The van der Waals surface area contributed by atoms with E-state index in [4.69, 9.17) is 5.11 Å². The highest BCUT2D eigenvalue weighted by molar-refractivity contribution is 7.92. The zero-order valence-corrected chi connectivity index (χ0v) is 9.35. The summed E-state index contributed by atoms with van der Waals surface area (Å²) >= 11 is 0. The maximum atomic E-state index is 12.3. The number of aliphatic hydroxyl groups is 1. The van der Waals surface area contributed by atoms with Crippen LogP contribution >= 0.6 is 0 Å². The summed E-state index contributed by atoms with van der Waals surface area (Å²) in [6.45, 7) is -0.603. The normalized spacial score (nSPS) is 12.5. The maximum absolute atomic E-state index is 12.3. The average molecular weight is 269 g/mol. The van der Waals surface area contributed by atoms with E-state index in [9.17, 15) is 21.6 Å². The molecule has 0 aliphatic rings. The molecule has 2 N–H and O–H groups in total. The lowest BCUT2D eigenvalue weighted by Gasteiger charge is -2.10. The lowest BCUT2D eigenvalue weighted by atomic mass is 10.2. The zero-order valence-electron chi connectivity index (χ0n) is 8.53. The summed E-state index contributed by atoms with van der Waals surface area (Å²) in [5.41, 5.74) is -1.13. The van der Waals surface area contributed by atoms with Crippen LogP contribution in [0.4, 0.5) is 18.9 Å². The number of alkyl halides is 3. The van der Waals surface area contributed by atoms with E-state index < -0.39 is 34.1 Å². The second kappa shape index (κ2) is 4.92. The van der Waals surface area contributed by atoms with Gasteiger partial charge in [0.05, 0.1) is 17.9 Å². The topological polar surface area (TPSA) is 66.4 Å². The standard InChI is InChI=1S/C9H10F3NO3S/c10-9(11,12)7-2-1-3-8(6-7)13-17(15,16)5-4-14/h1-3,6,13-14H,4-5H2. The van der Waals surface area contributed by atoms with Gasteiger partial charge in [0.25, 0.3) is 0 Å². The summed E-state index contributed by atoms with van der Waals surface area (Å²) in [7, 11) is -3.81. The fourth-order valence-electron chi connectivity index (χ4n) is 1.11. The molecule has 96 valence electrons. The first-order chi connectivity index (χ1) is 7.74. The Hall–Kier alpha value is -1.28. The summed E-state index contributed by atoms with van der Waals surface area (Å²) in [4.78, 5) is 0. The number of aliphatic hydroxyl groups excluding tert-OH is 1. The summed E-state index contributed by atoms with van der Waals surface area (Å²) in [5.74, 6) is -0.566. The number of anilines is 1. The number of sulfonamides is 1. The second-order valence-electron chi connectivity index (χ2n) is 3.22. The SMILES string of the molecule is O=S(=O)(CCO)Nc1cccc(C(F)(F)F)c1. The van der Waals surface area contributed by atoms with Gasteiger partial charge in [0, 0.05) is 5.69 Å². The molecule has 4 nitrogen and oxygen atoms in total. The molecule has 1 rings (SSSR count). The van der Waals surface area contributed by atoms with Crippen molar-refractivity contribution in [1.82, 2.24) is 0 Å². The Morgan fingerprint density at radius 2 is 1.94 bits per heavy atom. The number of benzene rings is 1. The van der Waals surface area contributed by atoms with E-state index in [-0.39, 0.29) is 5.69 Å². The lowest BCUT2D eigenvalue weighted by molar-refractivity contribution is -0.137. The number of rotatable bonds is 4. The minimum Gasteiger partial charge on any atom is -0.395 e. The quantitative estimate of drug-likeness (QED) is 0.869. The van der Waals surface area contributed by atoms with Crippen LogP contribution in [0.5, 0.6) is 0 Å². The predicted octanol–water partition coefficient (Wildman–Crippen LogP) is 1.44. The Bertz CT molecular complexity index is 485. The predicted molar refractivity (Wildman–Crippen MR) is 55.9 cm³/mol. The van der Waals surface area contributed by atoms with Gasteiger partial charge in [-0.2, -0.15) is 13.2 Å². The Morgan fingerprint density at radius 3 is 2.47 bits per heavy atom. The van der Waals surface area contributed by atoms with E-state index in [1.54, 1.807) is 0 Å². The van der Waals surface area contributed by atoms with Crippen molar-refractivity contribution in [2.45, 2.75) is 6.18 Å². The van der Waals surface area contributed by atoms with E-state index in [1.165, 1.54) is 6.07 Å². The highest BCUT2D eigenvalue weighted by Crippen LogP contribution is 2.30. The molecule has 0 fully saturated rings. The lowest BCUT2D eigenvalue weighted by Crippen LogP contribution is -2.19. The first-order valence-corrected chi connectivity index (χ1v) is 6.18. The third kappa shape index (κ3) is 4.23. The minimum atomic E-state index is -4.53. The van der Waals surface area contributed by atoms with E-state index in [0.717, 1.165) is 12.1 Å². The van der Waals surface area contributed by atoms with Gasteiger partial charge in [-0.1, -0.05) is 6.07 Å². The molecule has 8 heteroatoms. The summed E-state index contributed by atoms with van der Waals surface area (Å²) in [6.07, 6.45) is -4.53. The molecule has 0 saturated carbocycles. The summed E-state index contributed by atoms with van der Waals surface area (Å²) < 4.78 is 61.4. The zero-order chi connectivity index (χ0) is 13.1. The van der Waals surface area contributed by atoms with Gasteiger partial charge in [-0.25, -0.2) is 8.42 Å². The largest absolute Gasteiger partial charge is 0.416 e. The molecular weight excluding hydrogens is 259 g/mol. The molecular formula is C9H10F3NO3S. The van der Waals surface area contributed by atoms with Gasteiger partial charge in [0.2, 0.25) is 10.0 Å². The number of hydrogen-bond acceptors (Lipinski definition) is 3. The van der Waals surface area contributed by atoms with Crippen LogP contribution in [-0.2, 0) is 16.2 Å². The van der Waals surface area contributed by atoms with E-state index in [2.05, 4.69) is 0 Å². The third-order valence-corrected chi connectivity index (χ3v) is 3.09. The molecule has 0 unspecified atom stereocenters. The van der Waals surface area contributed by atoms with Gasteiger partial charge in [0.15, 0.2) is 0 Å². The van der Waals surface area contributed by atoms with Crippen LogP contribution in [0.2, 0.25) is 0 Å². The van der Waals surface area contributed by atoms with Crippen molar-refractivity contribution < 1.29 is 26.7 Å². The first-order valence-electron chi connectivity index (χ1n) is 4.53. The highest BCUT2D eigenvalue weighted by Gasteiger charge is 2.30. The fraction of sp³-hybridized carbons (Fsp3) is 0.333. The summed E-state index contributed by atoms with van der Waals surface area (Å²) in [6, 6.07) is 3.82. The van der Waals surface area contributed by atoms with Crippen molar-refractivity contribution >= 4 is 15.7 Å². The van der Waals surface area contributed by atoms with Gasteiger partial charge < -0.3 is 5.11 Å². The van der Waals surface area contributed by atoms with Crippen LogP contribution in [0, 0.1) is 0 Å². The highest BCUT2D eigenvalue weighted by atomic mass is 32.2. The third-order valence-electron chi connectivity index (χ3n) is 1.82. The Balaban J connectivity index is 2.94. The van der Waals surface area contributed by atoms with Crippen LogP contribution in [0.1, 0.15) is 5.56 Å². The van der Waals surface area contributed by atoms with Crippen molar-refractivity contribution in [3.63, 3.8) is 0 Å². The average Bonchev–Trinajstić information content (AvgIpc) is 2.15. The monoisotopic (exact) mass is 269 g/mol. The molecule has 0 aliphatic carbocycles. The van der Waals surface area contributed by atoms with E-state index in [0.29, 0.717) is 6.07 Å². The molecule has 0 saturated heterocycles. The molecule has 0 atom stereocenters. The molecule has 0 amide bonds. The smallest absolute Gasteiger partial charge is 0.395 e. The maximum Gasteiger partial charge on any atom is 0.416 e. The summed E-state index contributed by atoms with van der Waals surface area (Å²) in [5, 5.41) is 8.46. The van der Waals surface area contributed by atoms with E-state index in [1.807, 2.05) is 4.72 Å². The van der Waals surface area contributed by atoms with Crippen molar-refractivity contribution in [3.8, 4) is 0 Å². The molecule has 0 aliphatic heterocycles. The van der Waals surface area contributed by atoms with Crippen molar-refractivity contribution in [3.05, 3.63) is 29.8 Å². The van der Waals surface area contributed by atoms with Crippen molar-refractivity contribution in [2.24, 2.45) is 0 Å². The fourth-order valence-corrected chi connectivity index (χ4v) is 1.94. The number of halogens is 3. The van der Waals surface area contributed by atoms with E-state index >= 15 is 0 Å². The van der Waals surface area contributed by atoms with Crippen LogP contribution in [0.25, 0.3) is 0 Å². The second-order valence-corrected chi connectivity index (χ2v) is 5.06. The van der Waals surface area contributed by atoms with Gasteiger partial charge in [0.1, 0.15) is 0 Å². The molecule has 17 heavy (non-hydrogen) atoms. The Kier molecular flexibility index (Phi) is 3.99. The van der Waals surface area contributed by atoms with Crippen LogP contribution < -0.4 is 4.72 Å². The van der Waals surface area contributed by atoms with Crippen molar-refractivity contribution in [2.75, 3.05) is 17.1 Å². The molecule has 0 bridgehead atoms.